The summed E-state index contributed by atoms with van der Waals surface area (Å²) >= 11 is 0. The third kappa shape index (κ3) is 2.21. The van der Waals surface area contributed by atoms with Gasteiger partial charge in [-0.1, -0.05) is 5.21 Å². The van der Waals surface area contributed by atoms with Crippen molar-refractivity contribution in [2.24, 2.45) is 12.8 Å². The molecule has 0 amide bonds. The van der Waals surface area contributed by atoms with Crippen LogP contribution in [-0.4, -0.2) is 27.0 Å². The molecule has 0 radical (unpaired) electrons. The van der Waals surface area contributed by atoms with E-state index in [1.165, 1.54) is 17.8 Å². The molecule has 0 bridgehead atoms. The highest BCUT2D eigenvalue weighted by Gasteiger charge is 2.31. The van der Waals surface area contributed by atoms with E-state index in [2.05, 4.69) is 10.3 Å². The summed E-state index contributed by atoms with van der Waals surface area (Å²) in [7, 11) is 1.64. The molecule has 1 aromatic rings. The largest absolute Gasteiger partial charge is 0.320 e. The minimum atomic E-state index is -2.55. The number of alkyl halides is 2. The molecular formula is C7H12F2N4. The van der Waals surface area contributed by atoms with Gasteiger partial charge in [-0.2, -0.15) is 0 Å². The lowest BCUT2D eigenvalue weighted by Gasteiger charge is -2.22. The van der Waals surface area contributed by atoms with Gasteiger partial charge in [0, 0.05) is 13.5 Å². The summed E-state index contributed by atoms with van der Waals surface area (Å²) in [6.45, 7) is 1.31. The molecule has 0 aliphatic heterocycles. The first kappa shape index (κ1) is 10.0. The van der Waals surface area contributed by atoms with Gasteiger partial charge in [0.25, 0.3) is 6.43 Å². The molecule has 0 aliphatic rings. The first-order valence-electron chi connectivity index (χ1n) is 3.84. The second-order valence-electron chi connectivity index (χ2n) is 3.33. The standard InChI is InChI=1S/C7H12F2N4/c1-7(10,6(8)9)3-5-4-11-12-13(5)2/h4,6H,3,10H2,1-2H3. The monoisotopic (exact) mass is 190 g/mol. The minimum absolute atomic E-state index is 0.0637. The zero-order chi connectivity index (χ0) is 10.1. The molecule has 1 aromatic heterocycles. The lowest BCUT2D eigenvalue weighted by Crippen LogP contribution is -2.46. The Labute approximate surface area is 74.7 Å². The fraction of sp³-hybridized carbons (Fsp3) is 0.714. The van der Waals surface area contributed by atoms with Crippen molar-refractivity contribution in [3.05, 3.63) is 11.9 Å². The lowest BCUT2D eigenvalue weighted by atomic mass is 9.98. The first-order valence-corrected chi connectivity index (χ1v) is 3.84. The topological polar surface area (TPSA) is 56.7 Å². The summed E-state index contributed by atoms with van der Waals surface area (Å²) < 4.78 is 26.2. The molecule has 1 unspecified atom stereocenters. The average molecular weight is 190 g/mol. The molecule has 0 spiro atoms. The van der Waals surface area contributed by atoms with Crippen LogP contribution in [0, 0.1) is 0 Å². The first-order chi connectivity index (χ1) is 5.93. The van der Waals surface area contributed by atoms with Crippen molar-refractivity contribution >= 4 is 0 Å². The van der Waals surface area contributed by atoms with Crippen molar-refractivity contribution in [2.45, 2.75) is 25.3 Å². The normalized spacial score (nSPS) is 16.2. The van der Waals surface area contributed by atoms with Crippen LogP contribution in [0.25, 0.3) is 0 Å². The van der Waals surface area contributed by atoms with Crippen LogP contribution in [-0.2, 0) is 13.5 Å². The molecule has 2 N–H and O–H groups in total. The number of aromatic nitrogens is 3. The number of nitrogens with zero attached hydrogens (tertiary/aromatic N) is 3. The van der Waals surface area contributed by atoms with E-state index in [1.807, 2.05) is 0 Å². The van der Waals surface area contributed by atoms with Crippen LogP contribution >= 0.6 is 0 Å². The van der Waals surface area contributed by atoms with Crippen LogP contribution in [0.4, 0.5) is 8.78 Å². The molecule has 74 valence electrons. The van der Waals surface area contributed by atoms with E-state index in [-0.39, 0.29) is 6.42 Å². The number of hydrogen-bond acceptors (Lipinski definition) is 3. The fourth-order valence-electron chi connectivity index (χ4n) is 0.938. The van der Waals surface area contributed by atoms with E-state index >= 15 is 0 Å². The van der Waals surface area contributed by atoms with Crippen molar-refractivity contribution in [1.82, 2.24) is 15.0 Å². The van der Waals surface area contributed by atoms with Crippen molar-refractivity contribution in [2.75, 3.05) is 0 Å². The maximum atomic E-state index is 12.4. The van der Waals surface area contributed by atoms with Gasteiger partial charge >= 0.3 is 0 Å². The van der Waals surface area contributed by atoms with Crippen molar-refractivity contribution in [3.8, 4) is 0 Å². The average Bonchev–Trinajstić information content (AvgIpc) is 2.35. The van der Waals surface area contributed by atoms with Gasteiger partial charge in [-0.05, 0) is 6.92 Å². The van der Waals surface area contributed by atoms with E-state index in [9.17, 15) is 8.78 Å². The Balaban J connectivity index is 2.74. The third-order valence-corrected chi connectivity index (χ3v) is 1.87. The van der Waals surface area contributed by atoms with Gasteiger partial charge in [-0.15, -0.1) is 5.10 Å². The summed E-state index contributed by atoms with van der Waals surface area (Å²) in [4.78, 5) is 0. The van der Waals surface area contributed by atoms with Crippen molar-refractivity contribution in [3.63, 3.8) is 0 Å². The molecule has 1 atom stereocenters. The Bertz CT molecular complexity index is 282. The predicted octanol–water partition coefficient (Wildman–Crippen LogP) is 0.340. The second kappa shape index (κ2) is 3.37. The maximum Gasteiger partial charge on any atom is 0.256 e. The van der Waals surface area contributed by atoms with Crippen LogP contribution in [0.3, 0.4) is 0 Å². The summed E-state index contributed by atoms with van der Waals surface area (Å²) in [6, 6.07) is 0. The summed E-state index contributed by atoms with van der Waals surface area (Å²) in [5, 5.41) is 7.20. The molecule has 1 rings (SSSR count). The fourth-order valence-corrected chi connectivity index (χ4v) is 0.938. The van der Waals surface area contributed by atoms with Crippen LogP contribution < -0.4 is 5.73 Å². The highest BCUT2D eigenvalue weighted by molar-refractivity contribution is 5.02. The Hall–Kier alpha value is -1.04. The quantitative estimate of drug-likeness (QED) is 0.747. The molecule has 4 nitrogen and oxygen atoms in total. The van der Waals surface area contributed by atoms with E-state index in [1.54, 1.807) is 7.05 Å². The number of rotatable bonds is 3. The Morgan fingerprint density at radius 3 is 2.69 bits per heavy atom. The predicted molar refractivity (Wildman–Crippen MR) is 43.3 cm³/mol. The van der Waals surface area contributed by atoms with Crippen molar-refractivity contribution in [1.29, 1.82) is 0 Å². The van der Waals surface area contributed by atoms with E-state index in [0.717, 1.165) is 0 Å². The van der Waals surface area contributed by atoms with Crippen LogP contribution in [0.5, 0.6) is 0 Å². The molecule has 0 aromatic carbocycles. The summed E-state index contributed by atoms with van der Waals surface area (Å²) in [5.74, 6) is 0. The van der Waals surface area contributed by atoms with E-state index in [4.69, 9.17) is 5.73 Å². The Morgan fingerprint density at radius 1 is 1.69 bits per heavy atom. The molecule has 0 saturated carbocycles. The molecule has 0 aliphatic carbocycles. The minimum Gasteiger partial charge on any atom is -0.320 e. The maximum absolute atomic E-state index is 12.4. The molecule has 1 heterocycles. The highest BCUT2D eigenvalue weighted by atomic mass is 19.3. The van der Waals surface area contributed by atoms with Gasteiger partial charge in [-0.25, -0.2) is 8.78 Å². The van der Waals surface area contributed by atoms with E-state index < -0.39 is 12.0 Å². The van der Waals surface area contributed by atoms with Gasteiger partial charge in [-0.3, -0.25) is 4.68 Å². The number of aryl methyl sites for hydroxylation is 1. The van der Waals surface area contributed by atoms with Gasteiger partial charge in [0.1, 0.15) is 0 Å². The third-order valence-electron chi connectivity index (χ3n) is 1.87. The molecule has 0 saturated heterocycles. The smallest absolute Gasteiger partial charge is 0.256 e. The van der Waals surface area contributed by atoms with Crippen LogP contribution in [0.1, 0.15) is 12.6 Å². The number of nitrogens with two attached hydrogens (primary N) is 1. The zero-order valence-corrected chi connectivity index (χ0v) is 7.54. The molecule has 6 heteroatoms. The Kier molecular flexibility index (Phi) is 2.60. The summed E-state index contributed by atoms with van der Waals surface area (Å²) in [6.07, 6.45) is -1.05. The van der Waals surface area contributed by atoms with Gasteiger partial charge in [0.2, 0.25) is 0 Å². The van der Waals surface area contributed by atoms with E-state index in [0.29, 0.717) is 5.69 Å². The lowest BCUT2D eigenvalue weighted by molar-refractivity contribution is 0.0629. The molecule has 13 heavy (non-hydrogen) atoms. The Morgan fingerprint density at radius 2 is 2.31 bits per heavy atom. The highest BCUT2D eigenvalue weighted by Crippen LogP contribution is 2.16. The van der Waals surface area contributed by atoms with Crippen LogP contribution in [0.15, 0.2) is 6.20 Å². The second-order valence-corrected chi connectivity index (χ2v) is 3.33. The van der Waals surface area contributed by atoms with Gasteiger partial charge < -0.3 is 5.73 Å². The SMILES string of the molecule is Cn1nncc1CC(C)(N)C(F)F. The van der Waals surface area contributed by atoms with Crippen LogP contribution in [0.2, 0.25) is 0 Å². The molecular weight excluding hydrogens is 178 g/mol. The zero-order valence-electron chi connectivity index (χ0n) is 7.54. The number of hydrogen-bond donors (Lipinski definition) is 1. The van der Waals surface area contributed by atoms with Gasteiger partial charge in [0.15, 0.2) is 0 Å². The summed E-state index contributed by atoms with van der Waals surface area (Å²) in [5.41, 5.74) is 4.48. The molecule has 0 fully saturated rings. The van der Waals surface area contributed by atoms with Gasteiger partial charge in [0.05, 0.1) is 17.4 Å². The van der Waals surface area contributed by atoms with Crippen molar-refractivity contribution < 1.29 is 8.78 Å². The number of halogens is 2.